The van der Waals surface area contributed by atoms with E-state index >= 15 is 0 Å². The van der Waals surface area contributed by atoms with Crippen LogP contribution >= 0.6 is 0 Å². The van der Waals surface area contributed by atoms with Gasteiger partial charge in [0.1, 0.15) is 5.69 Å². The SMILES string of the molecule is Cc1nc(C(F)(F)F)ccc1C(=O)N1CCC[C@H]1c1ccc[nH]1. The van der Waals surface area contributed by atoms with Crippen LogP contribution in [0, 0.1) is 6.92 Å². The van der Waals surface area contributed by atoms with E-state index in [0.29, 0.717) is 6.54 Å². The Morgan fingerprint density at radius 2 is 2.13 bits per heavy atom. The van der Waals surface area contributed by atoms with Gasteiger partial charge in [0.2, 0.25) is 0 Å². The number of H-pyrrole nitrogens is 1. The van der Waals surface area contributed by atoms with Crippen molar-refractivity contribution in [3.63, 3.8) is 0 Å². The molecule has 0 saturated carbocycles. The lowest BCUT2D eigenvalue weighted by atomic mass is 10.1. The minimum atomic E-state index is -4.51. The summed E-state index contributed by atoms with van der Waals surface area (Å²) in [6, 6.07) is 5.78. The summed E-state index contributed by atoms with van der Waals surface area (Å²) in [4.78, 5) is 21.1. The second-order valence-corrected chi connectivity index (χ2v) is 5.61. The Hall–Kier alpha value is -2.31. The number of halogens is 3. The van der Waals surface area contributed by atoms with E-state index in [0.717, 1.165) is 24.6 Å². The van der Waals surface area contributed by atoms with E-state index in [9.17, 15) is 18.0 Å². The number of carbonyl (C=O) groups excluding carboxylic acids is 1. The van der Waals surface area contributed by atoms with E-state index in [1.165, 1.54) is 13.0 Å². The van der Waals surface area contributed by atoms with Crippen molar-refractivity contribution in [3.05, 3.63) is 53.1 Å². The molecule has 23 heavy (non-hydrogen) atoms. The molecule has 4 nitrogen and oxygen atoms in total. The molecular weight excluding hydrogens is 307 g/mol. The molecule has 122 valence electrons. The van der Waals surface area contributed by atoms with Crippen LogP contribution in [-0.2, 0) is 6.18 Å². The summed E-state index contributed by atoms with van der Waals surface area (Å²) in [5.74, 6) is -0.277. The third kappa shape index (κ3) is 2.95. The molecule has 1 aliphatic rings. The zero-order valence-corrected chi connectivity index (χ0v) is 12.5. The Bertz CT molecular complexity index is 710. The van der Waals surface area contributed by atoms with Crippen molar-refractivity contribution in [2.24, 2.45) is 0 Å². The molecule has 0 radical (unpaired) electrons. The molecule has 2 aromatic heterocycles. The number of hydrogen-bond donors (Lipinski definition) is 1. The van der Waals surface area contributed by atoms with Gasteiger partial charge in [-0.2, -0.15) is 13.2 Å². The highest BCUT2D eigenvalue weighted by Gasteiger charge is 2.35. The van der Waals surface area contributed by atoms with Gasteiger partial charge in [0, 0.05) is 18.4 Å². The molecule has 1 fully saturated rings. The second kappa shape index (κ2) is 5.72. The lowest BCUT2D eigenvalue weighted by Gasteiger charge is -2.24. The average molecular weight is 323 g/mol. The number of pyridine rings is 1. The van der Waals surface area contributed by atoms with Gasteiger partial charge in [-0.1, -0.05) is 0 Å². The summed E-state index contributed by atoms with van der Waals surface area (Å²) in [7, 11) is 0. The van der Waals surface area contributed by atoms with Crippen LogP contribution in [0.25, 0.3) is 0 Å². The number of amides is 1. The Kier molecular flexibility index (Phi) is 3.87. The summed E-state index contributed by atoms with van der Waals surface area (Å²) in [5.41, 5.74) is 0.278. The number of aryl methyl sites for hydroxylation is 1. The maximum Gasteiger partial charge on any atom is 0.433 e. The van der Waals surface area contributed by atoms with Crippen molar-refractivity contribution in [1.82, 2.24) is 14.9 Å². The van der Waals surface area contributed by atoms with E-state index < -0.39 is 11.9 Å². The smallest absolute Gasteiger partial charge is 0.363 e. The second-order valence-electron chi connectivity index (χ2n) is 5.61. The minimum Gasteiger partial charge on any atom is -0.363 e. The molecule has 1 atom stereocenters. The van der Waals surface area contributed by atoms with Crippen LogP contribution in [0.5, 0.6) is 0 Å². The summed E-state index contributed by atoms with van der Waals surface area (Å²) in [6.07, 6.45) is -1.02. The molecule has 1 N–H and O–H groups in total. The number of aromatic amines is 1. The molecule has 7 heteroatoms. The standard InChI is InChI=1S/C16H16F3N3O/c1-10-11(6-7-14(21-10)16(17,18)19)15(23)22-9-3-5-13(22)12-4-2-8-20-12/h2,4,6-8,13,20H,3,5,9H2,1H3/t13-/m0/s1. The van der Waals surface area contributed by atoms with Gasteiger partial charge in [0.05, 0.1) is 17.3 Å². The number of likely N-dealkylation sites (tertiary alicyclic amines) is 1. The molecule has 1 amide bonds. The summed E-state index contributed by atoms with van der Waals surface area (Å²) in [6.45, 7) is 2.02. The first-order valence-electron chi connectivity index (χ1n) is 7.37. The van der Waals surface area contributed by atoms with Gasteiger partial charge in [-0.3, -0.25) is 4.79 Å². The number of rotatable bonds is 2. The fourth-order valence-corrected chi connectivity index (χ4v) is 2.98. The molecular formula is C16H16F3N3O. The molecule has 0 aromatic carbocycles. The Morgan fingerprint density at radius 1 is 1.35 bits per heavy atom. The Labute approximate surface area is 131 Å². The predicted molar refractivity (Wildman–Crippen MR) is 77.8 cm³/mol. The third-order valence-electron chi connectivity index (χ3n) is 4.10. The third-order valence-corrected chi connectivity index (χ3v) is 4.10. The van der Waals surface area contributed by atoms with Gasteiger partial charge in [0.15, 0.2) is 0 Å². The monoisotopic (exact) mass is 323 g/mol. The van der Waals surface area contributed by atoms with Crippen molar-refractivity contribution in [1.29, 1.82) is 0 Å². The first-order chi connectivity index (χ1) is 10.9. The summed E-state index contributed by atoms with van der Waals surface area (Å²) < 4.78 is 38.1. The molecule has 3 rings (SSSR count). The van der Waals surface area contributed by atoms with Gasteiger partial charge in [-0.25, -0.2) is 4.98 Å². The highest BCUT2D eigenvalue weighted by atomic mass is 19.4. The molecule has 0 bridgehead atoms. The van der Waals surface area contributed by atoms with E-state index in [2.05, 4.69) is 9.97 Å². The van der Waals surface area contributed by atoms with Crippen molar-refractivity contribution in [3.8, 4) is 0 Å². The summed E-state index contributed by atoms with van der Waals surface area (Å²) >= 11 is 0. The highest BCUT2D eigenvalue weighted by molar-refractivity contribution is 5.95. The molecule has 1 saturated heterocycles. The van der Waals surface area contributed by atoms with E-state index in [1.54, 1.807) is 11.1 Å². The van der Waals surface area contributed by atoms with Crippen LogP contribution in [0.1, 0.15) is 46.3 Å². The lowest BCUT2D eigenvalue weighted by molar-refractivity contribution is -0.141. The van der Waals surface area contributed by atoms with E-state index in [4.69, 9.17) is 0 Å². The summed E-state index contributed by atoms with van der Waals surface area (Å²) in [5, 5.41) is 0. The Balaban J connectivity index is 1.88. The molecule has 0 aliphatic carbocycles. The zero-order valence-electron chi connectivity index (χ0n) is 12.5. The lowest BCUT2D eigenvalue weighted by Crippen LogP contribution is -2.31. The van der Waals surface area contributed by atoms with Crippen LogP contribution in [0.15, 0.2) is 30.5 Å². The molecule has 1 aliphatic heterocycles. The molecule has 2 aromatic rings. The largest absolute Gasteiger partial charge is 0.433 e. The quantitative estimate of drug-likeness (QED) is 0.916. The van der Waals surface area contributed by atoms with E-state index in [-0.39, 0.29) is 23.2 Å². The molecule has 0 unspecified atom stereocenters. The number of alkyl halides is 3. The van der Waals surface area contributed by atoms with Crippen molar-refractivity contribution >= 4 is 5.91 Å². The molecule has 3 heterocycles. The van der Waals surface area contributed by atoms with E-state index in [1.807, 2.05) is 12.1 Å². The average Bonchev–Trinajstić information content (AvgIpc) is 3.16. The maximum atomic E-state index is 12.7. The topological polar surface area (TPSA) is 49.0 Å². The number of hydrogen-bond acceptors (Lipinski definition) is 2. The van der Waals surface area contributed by atoms with Gasteiger partial charge in [-0.15, -0.1) is 0 Å². The van der Waals surface area contributed by atoms with Crippen molar-refractivity contribution in [2.75, 3.05) is 6.54 Å². The van der Waals surface area contributed by atoms with Crippen LogP contribution < -0.4 is 0 Å². The minimum absolute atomic E-state index is 0.0702. The fraction of sp³-hybridized carbons (Fsp3) is 0.375. The number of aromatic nitrogens is 2. The van der Waals surface area contributed by atoms with Crippen molar-refractivity contribution in [2.45, 2.75) is 32.0 Å². The first-order valence-corrected chi connectivity index (χ1v) is 7.37. The van der Waals surface area contributed by atoms with Crippen LogP contribution in [-0.4, -0.2) is 27.3 Å². The normalized spacial score (nSPS) is 18.4. The van der Waals surface area contributed by atoms with Crippen LogP contribution in [0.2, 0.25) is 0 Å². The van der Waals surface area contributed by atoms with Gasteiger partial charge < -0.3 is 9.88 Å². The highest BCUT2D eigenvalue weighted by Crippen LogP contribution is 2.33. The van der Waals surface area contributed by atoms with Gasteiger partial charge >= 0.3 is 6.18 Å². The Morgan fingerprint density at radius 3 is 2.74 bits per heavy atom. The first kappa shape index (κ1) is 15.6. The predicted octanol–water partition coefficient (Wildman–Crippen LogP) is 3.71. The number of nitrogens with zero attached hydrogens (tertiary/aromatic N) is 2. The van der Waals surface area contributed by atoms with Crippen LogP contribution in [0.4, 0.5) is 13.2 Å². The van der Waals surface area contributed by atoms with Crippen LogP contribution in [0.3, 0.4) is 0 Å². The molecule has 0 spiro atoms. The van der Waals surface area contributed by atoms with Gasteiger partial charge in [0.25, 0.3) is 5.91 Å². The number of carbonyl (C=O) groups is 1. The fourth-order valence-electron chi connectivity index (χ4n) is 2.98. The zero-order chi connectivity index (χ0) is 16.6. The number of nitrogens with one attached hydrogen (secondary N) is 1. The van der Waals surface area contributed by atoms with Crippen molar-refractivity contribution < 1.29 is 18.0 Å². The maximum absolute atomic E-state index is 12.7. The van der Waals surface area contributed by atoms with Gasteiger partial charge in [-0.05, 0) is 44.0 Å².